The van der Waals surface area contributed by atoms with E-state index in [9.17, 15) is 4.79 Å². The monoisotopic (exact) mass is 232 g/mol. The van der Waals surface area contributed by atoms with Crippen LogP contribution in [0.4, 0.5) is 5.69 Å². The molecule has 1 aliphatic heterocycles. The molecular formula is C14H20N2O. The first-order chi connectivity index (χ1) is 8.13. The third-order valence-electron chi connectivity index (χ3n) is 3.80. The van der Waals surface area contributed by atoms with Gasteiger partial charge in [0.15, 0.2) is 5.78 Å². The summed E-state index contributed by atoms with van der Waals surface area (Å²) in [7, 11) is 0. The van der Waals surface area contributed by atoms with Crippen LogP contribution in [-0.4, -0.2) is 24.9 Å². The van der Waals surface area contributed by atoms with E-state index in [0.717, 1.165) is 30.8 Å². The van der Waals surface area contributed by atoms with E-state index in [1.165, 1.54) is 0 Å². The highest BCUT2D eigenvalue weighted by Gasteiger charge is 2.29. The molecule has 3 heteroatoms. The number of benzene rings is 1. The maximum Gasteiger partial charge on any atom is 0.159 e. The number of carbonyl (C=O) groups is 1. The standard InChI is InChI=1S/C14H20N2O/c1-10-13(9-15)6-7-16(10)14-5-3-4-12(8-14)11(2)17/h3-5,8,10,13H,6-7,9,15H2,1-2H3. The topological polar surface area (TPSA) is 46.3 Å². The molecule has 92 valence electrons. The van der Waals surface area contributed by atoms with E-state index >= 15 is 0 Å². The lowest BCUT2D eigenvalue weighted by Gasteiger charge is -2.26. The van der Waals surface area contributed by atoms with Crippen LogP contribution >= 0.6 is 0 Å². The van der Waals surface area contributed by atoms with Crippen molar-refractivity contribution in [1.29, 1.82) is 0 Å². The van der Waals surface area contributed by atoms with Gasteiger partial charge < -0.3 is 10.6 Å². The van der Waals surface area contributed by atoms with E-state index in [4.69, 9.17) is 5.73 Å². The van der Waals surface area contributed by atoms with Crippen LogP contribution in [0.2, 0.25) is 0 Å². The Hall–Kier alpha value is -1.35. The van der Waals surface area contributed by atoms with Gasteiger partial charge in [0.25, 0.3) is 0 Å². The second kappa shape index (κ2) is 4.88. The molecule has 0 radical (unpaired) electrons. The SMILES string of the molecule is CC(=O)c1cccc(N2CCC(CN)C2C)c1. The average Bonchev–Trinajstić information content (AvgIpc) is 2.70. The number of carbonyl (C=O) groups excluding carboxylic acids is 1. The first-order valence-corrected chi connectivity index (χ1v) is 6.21. The van der Waals surface area contributed by atoms with E-state index in [2.05, 4.69) is 17.9 Å². The second-order valence-electron chi connectivity index (χ2n) is 4.82. The number of Topliss-reactive ketones (excluding diaryl/α,β-unsaturated/α-hetero) is 1. The van der Waals surface area contributed by atoms with E-state index in [0.29, 0.717) is 12.0 Å². The largest absolute Gasteiger partial charge is 0.368 e. The molecule has 2 rings (SSSR count). The normalized spacial score (nSPS) is 24.1. The zero-order chi connectivity index (χ0) is 12.4. The van der Waals surface area contributed by atoms with Crippen molar-refractivity contribution in [2.75, 3.05) is 18.0 Å². The minimum atomic E-state index is 0.120. The van der Waals surface area contributed by atoms with Crippen LogP contribution in [0.1, 0.15) is 30.6 Å². The summed E-state index contributed by atoms with van der Waals surface area (Å²) in [6.45, 7) is 5.59. The molecule has 0 spiro atoms. The van der Waals surface area contributed by atoms with Crippen molar-refractivity contribution < 1.29 is 4.79 Å². The van der Waals surface area contributed by atoms with Gasteiger partial charge in [-0.15, -0.1) is 0 Å². The lowest BCUT2D eigenvalue weighted by Crippen LogP contribution is -2.32. The van der Waals surface area contributed by atoms with Crippen molar-refractivity contribution in [2.24, 2.45) is 11.7 Å². The van der Waals surface area contributed by atoms with E-state index in [1.807, 2.05) is 18.2 Å². The molecule has 0 aliphatic carbocycles. The highest BCUT2D eigenvalue weighted by atomic mass is 16.1. The van der Waals surface area contributed by atoms with Crippen molar-refractivity contribution in [1.82, 2.24) is 0 Å². The molecule has 0 amide bonds. The molecule has 1 aromatic carbocycles. The lowest BCUT2D eigenvalue weighted by molar-refractivity contribution is 0.101. The predicted octanol–water partition coefficient (Wildman–Crippen LogP) is 2.06. The van der Waals surface area contributed by atoms with E-state index < -0.39 is 0 Å². The van der Waals surface area contributed by atoms with Gasteiger partial charge in [0.05, 0.1) is 0 Å². The number of rotatable bonds is 3. The van der Waals surface area contributed by atoms with Gasteiger partial charge in [-0.2, -0.15) is 0 Å². The molecule has 2 N–H and O–H groups in total. The molecule has 2 unspecified atom stereocenters. The number of hydrogen-bond acceptors (Lipinski definition) is 3. The molecule has 1 heterocycles. The van der Waals surface area contributed by atoms with E-state index in [1.54, 1.807) is 6.92 Å². The molecular weight excluding hydrogens is 212 g/mol. The molecule has 0 saturated carbocycles. The van der Waals surface area contributed by atoms with Crippen molar-refractivity contribution in [3.8, 4) is 0 Å². The van der Waals surface area contributed by atoms with Gasteiger partial charge >= 0.3 is 0 Å². The van der Waals surface area contributed by atoms with Crippen molar-refractivity contribution >= 4 is 11.5 Å². The van der Waals surface area contributed by atoms with Crippen LogP contribution in [0.25, 0.3) is 0 Å². The fourth-order valence-corrected chi connectivity index (χ4v) is 2.59. The van der Waals surface area contributed by atoms with Gasteiger partial charge in [0.2, 0.25) is 0 Å². The Bertz CT molecular complexity index is 416. The molecule has 1 saturated heterocycles. The number of nitrogens with two attached hydrogens (primary N) is 1. The highest BCUT2D eigenvalue weighted by Crippen LogP contribution is 2.29. The molecule has 17 heavy (non-hydrogen) atoms. The molecule has 1 aromatic rings. The van der Waals surface area contributed by atoms with Gasteiger partial charge in [-0.3, -0.25) is 4.79 Å². The van der Waals surface area contributed by atoms with Crippen LogP contribution in [0.3, 0.4) is 0 Å². The number of hydrogen-bond donors (Lipinski definition) is 1. The average molecular weight is 232 g/mol. The van der Waals surface area contributed by atoms with Crippen molar-refractivity contribution in [3.63, 3.8) is 0 Å². The first-order valence-electron chi connectivity index (χ1n) is 6.21. The van der Waals surface area contributed by atoms with Crippen LogP contribution in [0, 0.1) is 5.92 Å². The van der Waals surface area contributed by atoms with Gasteiger partial charge in [0.1, 0.15) is 0 Å². The van der Waals surface area contributed by atoms with E-state index in [-0.39, 0.29) is 5.78 Å². The van der Waals surface area contributed by atoms with Crippen LogP contribution in [-0.2, 0) is 0 Å². The lowest BCUT2D eigenvalue weighted by atomic mass is 10.0. The summed E-state index contributed by atoms with van der Waals surface area (Å²) in [5, 5.41) is 0. The summed E-state index contributed by atoms with van der Waals surface area (Å²) < 4.78 is 0. The fourth-order valence-electron chi connectivity index (χ4n) is 2.59. The second-order valence-corrected chi connectivity index (χ2v) is 4.82. The zero-order valence-corrected chi connectivity index (χ0v) is 10.5. The molecule has 0 aromatic heterocycles. The minimum Gasteiger partial charge on any atom is -0.368 e. The Morgan fingerprint density at radius 1 is 1.53 bits per heavy atom. The molecule has 2 atom stereocenters. The molecule has 0 bridgehead atoms. The molecule has 1 aliphatic rings. The Balaban J connectivity index is 2.23. The third-order valence-corrected chi connectivity index (χ3v) is 3.80. The summed E-state index contributed by atoms with van der Waals surface area (Å²) in [6, 6.07) is 8.34. The fraction of sp³-hybridized carbons (Fsp3) is 0.500. The van der Waals surface area contributed by atoms with Gasteiger partial charge in [-0.1, -0.05) is 12.1 Å². The third kappa shape index (κ3) is 2.34. The maximum absolute atomic E-state index is 11.4. The molecule has 3 nitrogen and oxygen atoms in total. The van der Waals surface area contributed by atoms with Crippen LogP contribution < -0.4 is 10.6 Å². The number of ketones is 1. The summed E-state index contributed by atoms with van der Waals surface area (Å²) in [4.78, 5) is 13.7. The summed E-state index contributed by atoms with van der Waals surface area (Å²) >= 11 is 0. The van der Waals surface area contributed by atoms with Gasteiger partial charge in [-0.25, -0.2) is 0 Å². The molecule has 1 fully saturated rings. The maximum atomic E-state index is 11.4. The highest BCUT2D eigenvalue weighted by molar-refractivity contribution is 5.95. The summed E-state index contributed by atoms with van der Waals surface area (Å²) in [5.41, 5.74) is 7.69. The van der Waals surface area contributed by atoms with Crippen LogP contribution in [0.5, 0.6) is 0 Å². The van der Waals surface area contributed by atoms with Crippen molar-refractivity contribution in [3.05, 3.63) is 29.8 Å². The Morgan fingerprint density at radius 3 is 2.88 bits per heavy atom. The minimum absolute atomic E-state index is 0.120. The summed E-state index contributed by atoms with van der Waals surface area (Å²) in [6.07, 6.45) is 1.14. The number of nitrogens with zero attached hydrogens (tertiary/aromatic N) is 1. The Labute approximate surface area is 103 Å². The zero-order valence-electron chi connectivity index (χ0n) is 10.5. The summed E-state index contributed by atoms with van der Waals surface area (Å²) in [5.74, 6) is 0.685. The number of anilines is 1. The van der Waals surface area contributed by atoms with Crippen molar-refractivity contribution in [2.45, 2.75) is 26.3 Å². The predicted molar refractivity (Wildman–Crippen MR) is 70.4 cm³/mol. The Kier molecular flexibility index (Phi) is 3.48. The van der Waals surface area contributed by atoms with Crippen LogP contribution in [0.15, 0.2) is 24.3 Å². The van der Waals surface area contributed by atoms with Gasteiger partial charge in [-0.05, 0) is 44.9 Å². The first kappa shape index (κ1) is 12.1. The Morgan fingerprint density at radius 2 is 2.29 bits per heavy atom. The smallest absolute Gasteiger partial charge is 0.159 e. The van der Waals surface area contributed by atoms with Gasteiger partial charge in [0, 0.05) is 23.8 Å². The quantitative estimate of drug-likeness (QED) is 0.811.